The SMILES string of the molecule is CC=CC=CC=CCCC(C)C(=O)OC. The maximum Gasteiger partial charge on any atom is 0.308 e. The Balaban J connectivity index is 3.65. The highest BCUT2D eigenvalue weighted by molar-refractivity contribution is 5.71. The van der Waals surface area contributed by atoms with Crippen LogP contribution in [-0.2, 0) is 9.53 Å². The van der Waals surface area contributed by atoms with Crippen molar-refractivity contribution in [3.63, 3.8) is 0 Å². The Morgan fingerprint density at radius 2 is 1.93 bits per heavy atom. The van der Waals surface area contributed by atoms with Gasteiger partial charge in [-0.3, -0.25) is 4.79 Å². The molecule has 0 N–H and O–H groups in total. The first kappa shape index (κ1) is 13.7. The summed E-state index contributed by atoms with van der Waals surface area (Å²) in [7, 11) is 1.43. The monoisotopic (exact) mass is 208 g/mol. The first-order chi connectivity index (χ1) is 7.22. The van der Waals surface area contributed by atoms with Crippen molar-refractivity contribution in [2.45, 2.75) is 26.7 Å². The number of allylic oxidation sites excluding steroid dienone is 6. The molecule has 0 spiro atoms. The van der Waals surface area contributed by atoms with Crippen molar-refractivity contribution < 1.29 is 9.53 Å². The van der Waals surface area contributed by atoms with Gasteiger partial charge in [0.25, 0.3) is 0 Å². The number of carbonyl (C=O) groups is 1. The Bertz CT molecular complexity index is 249. The smallest absolute Gasteiger partial charge is 0.308 e. The minimum Gasteiger partial charge on any atom is -0.469 e. The van der Waals surface area contributed by atoms with E-state index in [2.05, 4.69) is 10.8 Å². The van der Waals surface area contributed by atoms with Gasteiger partial charge in [-0.1, -0.05) is 43.4 Å². The zero-order valence-corrected chi connectivity index (χ0v) is 9.77. The minimum atomic E-state index is -0.132. The van der Waals surface area contributed by atoms with Crippen molar-refractivity contribution in [3.05, 3.63) is 36.5 Å². The summed E-state index contributed by atoms with van der Waals surface area (Å²) < 4.78 is 4.64. The molecule has 0 amide bonds. The van der Waals surface area contributed by atoms with Gasteiger partial charge in [0.2, 0.25) is 0 Å². The third-order valence-electron chi connectivity index (χ3n) is 2.03. The van der Waals surface area contributed by atoms with Crippen molar-refractivity contribution >= 4 is 5.97 Å². The molecule has 0 bridgehead atoms. The molecular weight excluding hydrogens is 188 g/mol. The van der Waals surface area contributed by atoms with Crippen LogP contribution < -0.4 is 0 Å². The summed E-state index contributed by atoms with van der Waals surface area (Å²) in [5.74, 6) is -0.146. The quantitative estimate of drug-likeness (QED) is 0.494. The predicted octanol–water partition coefficient (Wildman–Crippen LogP) is 3.26. The summed E-state index contributed by atoms with van der Waals surface area (Å²) in [5, 5.41) is 0. The van der Waals surface area contributed by atoms with Crippen LogP contribution in [0.4, 0.5) is 0 Å². The number of ether oxygens (including phenoxy) is 1. The molecule has 2 heteroatoms. The van der Waals surface area contributed by atoms with Crippen molar-refractivity contribution in [2.75, 3.05) is 7.11 Å². The lowest BCUT2D eigenvalue weighted by atomic mass is 10.1. The highest BCUT2D eigenvalue weighted by atomic mass is 16.5. The Morgan fingerprint density at radius 1 is 1.27 bits per heavy atom. The van der Waals surface area contributed by atoms with E-state index in [0.29, 0.717) is 0 Å². The number of hydrogen-bond donors (Lipinski definition) is 0. The van der Waals surface area contributed by atoms with Crippen LogP contribution in [0.25, 0.3) is 0 Å². The molecule has 1 atom stereocenters. The van der Waals surface area contributed by atoms with Crippen LogP contribution in [0.1, 0.15) is 26.7 Å². The largest absolute Gasteiger partial charge is 0.469 e. The van der Waals surface area contributed by atoms with E-state index in [4.69, 9.17) is 0 Å². The summed E-state index contributed by atoms with van der Waals surface area (Å²) >= 11 is 0. The van der Waals surface area contributed by atoms with Crippen LogP contribution in [0.3, 0.4) is 0 Å². The average Bonchev–Trinajstić information content (AvgIpc) is 2.26. The average molecular weight is 208 g/mol. The topological polar surface area (TPSA) is 26.3 Å². The van der Waals surface area contributed by atoms with Gasteiger partial charge in [0.15, 0.2) is 0 Å². The first-order valence-corrected chi connectivity index (χ1v) is 5.24. The summed E-state index contributed by atoms with van der Waals surface area (Å²) in [4.78, 5) is 11.0. The van der Waals surface area contributed by atoms with Gasteiger partial charge in [-0.15, -0.1) is 0 Å². The third kappa shape index (κ3) is 7.74. The van der Waals surface area contributed by atoms with E-state index in [1.807, 2.05) is 44.2 Å². The van der Waals surface area contributed by atoms with Crippen molar-refractivity contribution in [1.29, 1.82) is 0 Å². The van der Waals surface area contributed by atoms with E-state index < -0.39 is 0 Å². The van der Waals surface area contributed by atoms with Gasteiger partial charge < -0.3 is 4.74 Å². The van der Waals surface area contributed by atoms with Crippen molar-refractivity contribution in [2.24, 2.45) is 5.92 Å². The van der Waals surface area contributed by atoms with E-state index in [0.717, 1.165) is 12.8 Å². The highest BCUT2D eigenvalue weighted by Gasteiger charge is 2.10. The lowest BCUT2D eigenvalue weighted by molar-refractivity contribution is -0.144. The normalized spacial score (nSPS) is 14.1. The maximum absolute atomic E-state index is 11.0. The fourth-order valence-corrected chi connectivity index (χ4v) is 1.08. The molecule has 0 aromatic heterocycles. The second kappa shape index (κ2) is 9.25. The fraction of sp³-hybridized carbons (Fsp3) is 0.462. The number of esters is 1. The molecule has 1 unspecified atom stereocenters. The Labute approximate surface area is 92.3 Å². The van der Waals surface area contributed by atoms with E-state index in [1.165, 1.54) is 7.11 Å². The summed E-state index contributed by atoms with van der Waals surface area (Å²) in [6, 6.07) is 0. The van der Waals surface area contributed by atoms with E-state index in [9.17, 15) is 4.79 Å². The van der Waals surface area contributed by atoms with E-state index in [-0.39, 0.29) is 11.9 Å². The number of carbonyl (C=O) groups excluding carboxylic acids is 1. The molecule has 0 aromatic carbocycles. The molecule has 0 fully saturated rings. The molecule has 0 rings (SSSR count). The van der Waals surface area contributed by atoms with Gasteiger partial charge in [-0.05, 0) is 19.8 Å². The minimum absolute atomic E-state index is 0.0147. The lowest BCUT2D eigenvalue weighted by Gasteiger charge is -2.05. The van der Waals surface area contributed by atoms with E-state index >= 15 is 0 Å². The van der Waals surface area contributed by atoms with Crippen LogP contribution in [0.2, 0.25) is 0 Å². The van der Waals surface area contributed by atoms with Gasteiger partial charge in [-0.25, -0.2) is 0 Å². The maximum atomic E-state index is 11.0. The molecule has 0 aliphatic heterocycles. The number of methoxy groups -OCH3 is 1. The molecule has 0 aliphatic carbocycles. The predicted molar refractivity (Wildman–Crippen MR) is 63.5 cm³/mol. The van der Waals surface area contributed by atoms with Crippen molar-refractivity contribution in [3.8, 4) is 0 Å². The number of rotatable bonds is 6. The second-order valence-electron chi connectivity index (χ2n) is 3.34. The fourth-order valence-electron chi connectivity index (χ4n) is 1.08. The number of hydrogen-bond acceptors (Lipinski definition) is 2. The van der Waals surface area contributed by atoms with Crippen LogP contribution in [0, 0.1) is 5.92 Å². The Morgan fingerprint density at radius 3 is 2.53 bits per heavy atom. The summed E-state index contributed by atoms with van der Waals surface area (Å²) in [6.45, 7) is 3.86. The molecule has 0 radical (unpaired) electrons. The van der Waals surface area contributed by atoms with Gasteiger partial charge in [-0.2, -0.15) is 0 Å². The lowest BCUT2D eigenvalue weighted by Crippen LogP contribution is -2.11. The second-order valence-corrected chi connectivity index (χ2v) is 3.34. The van der Waals surface area contributed by atoms with Gasteiger partial charge in [0.05, 0.1) is 13.0 Å². The molecule has 0 aliphatic rings. The van der Waals surface area contributed by atoms with Crippen LogP contribution in [0.15, 0.2) is 36.5 Å². The van der Waals surface area contributed by atoms with Gasteiger partial charge in [0.1, 0.15) is 0 Å². The standard InChI is InChI=1S/C13H20O2/c1-4-5-6-7-8-9-10-11-12(2)13(14)15-3/h4-9,12H,10-11H2,1-3H3. The van der Waals surface area contributed by atoms with Crippen molar-refractivity contribution in [1.82, 2.24) is 0 Å². The molecule has 15 heavy (non-hydrogen) atoms. The molecule has 2 nitrogen and oxygen atoms in total. The van der Waals surface area contributed by atoms with E-state index in [1.54, 1.807) is 0 Å². The van der Waals surface area contributed by atoms with Gasteiger partial charge >= 0.3 is 5.97 Å². The zero-order valence-electron chi connectivity index (χ0n) is 9.77. The molecule has 0 saturated heterocycles. The third-order valence-corrected chi connectivity index (χ3v) is 2.03. The Hall–Kier alpha value is -1.31. The summed E-state index contributed by atoms with van der Waals surface area (Å²) in [6.07, 6.45) is 13.7. The zero-order chi connectivity index (χ0) is 11.5. The molecule has 0 aromatic rings. The molecular formula is C13H20O2. The summed E-state index contributed by atoms with van der Waals surface area (Å²) in [5.41, 5.74) is 0. The highest BCUT2D eigenvalue weighted by Crippen LogP contribution is 2.07. The molecule has 0 saturated carbocycles. The van der Waals surface area contributed by atoms with Crippen LogP contribution >= 0.6 is 0 Å². The van der Waals surface area contributed by atoms with Gasteiger partial charge in [0, 0.05) is 0 Å². The molecule has 84 valence electrons. The van der Waals surface area contributed by atoms with Crippen LogP contribution in [-0.4, -0.2) is 13.1 Å². The Kier molecular flexibility index (Phi) is 8.44. The first-order valence-electron chi connectivity index (χ1n) is 5.24. The van der Waals surface area contributed by atoms with Crippen LogP contribution in [0.5, 0.6) is 0 Å². The molecule has 0 heterocycles.